The Morgan fingerprint density at radius 3 is 2.50 bits per heavy atom. The lowest BCUT2D eigenvalue weighted by molar-refractivity contribution is -0.125. The van der Waals surface area contributed by atoms with E-state index in [1.807, 2.05) is 13.8 Å². The Balaban J connectivity index is 2.93. The molecule has 0 aliphatic rings. The van der Waals surface area contributed by atoms with E-state index in [4.69, 9.17) is 17.3 Å². The van der Waals surface area contributed by atoms with Crippen molar-refractivity contribution in [2.75, 3.05) is 11.9 Å². The van der Waals surface area contributed by atoms with Crippen LogP contribution in [0.2, 0.25) is 5.02 Å². The molecule has 0 saturated carbocycles. The van der Waals surface area contributed by atoms with Crippen molar-refractivity contribution in [1.82, 2.24) is 0 Å². The van der Waals surface area contributed by atoms with Crippen molar-refractivity contribution in [3.05, 3.63) is 27.7 Å². The maximum absolute atomic E-state index is 12.3. The molecule has 3 N–H and O–H groups in total. The van der Waals surface area contributed by atoms with Crippen LogP contribution in [0.1, 0.15) is 26.7 Å². The molecule has 0 radical (unpaired) electrons. The molecular weight excluding hydrogens is 316 g/mol. The number of benzene rings is 1. The molecule has 1 aromatic carbocycles. The van der Waals surface area contributed by atoms with Crippen molar-refractivity contribution >= 4 is 39.1 Å². The Morgan fingerprint density at radius 2 is 2.06 bits per heavy atom. The van der Waals surface area contributed by atoms with Gasteiger partial charge in [-0.15, -0.1) is 0 Å². The van der Waals surface area contributed by atoms with Crippen molar-refractivity contribution in [3.8, 4) is 0 Å². The van der Waals surface area contributed by atoms with Gasteiger partial charge in [-0.2, -0.15) is 0 Å². The second-order valence-corrected chi connectivity index (χ2v) is 5.56. The van der Waals surface area contributed by atoms with E-state index in [1.165, 1.54) is 0 Å². The number of hydrogen-bond acceptors (Lipinski definition) is 2. The van der Waals surface area contributed by atoms with Gasteiger partial charge in [0.2, 0.25) is 5.91 Å². The number of amides is 1. The number of halogens is 2. The van der Waals surface area contributed by atoms with Crippen LogP contribution < -0.4 is 11.1 Å². The minimum Gasteiger partial charge on any atom is -0.329 e. The van der Waals surface area contributed by atoms with E-state index in [9.17, 15) is 4.79 Å². The highest BCUT2D eigenvalue weighted by Gasteiger charge is 2.33. The van der Waals surface area contributed by atoms with E-state index in [1.54, 1.807) is 18.2 Å². The first-order chi connectivity index (χ1) is 8.49. The van der Waals surface area contributed by atoms with E-state index >= 15 is 0 Å². The second-order valence-electron chi connectivity index (χ2n) is 4.27. The third-order valence-electron chi connectivity index (χ3n) is 3.41. The van der Waals surface area contributed by atoms with Crippen LogP contribution in [0, 0.1) is 5.41 Å². The van der Waals surface area contributed by atoms with E-state index in [-0.39, 0.29) is 5.91 Å². The van der Waals surface area contributed by atoms with E-state index in [2.05, 4.69) is 21.2 Å². The Morgan fingerprint density at radius 1 is 1.44 bits per heavy atom. The SMILES string of the molecule is CCC(CC)(CN)C(=O)Nc1ccc(Cl)cc1Br. The summed E-state index contributed by atoms with van der Waals surface area (Å²) in [7, 11) is 0. The maximum atomic E-state index is 12.3. The second kappa shape index (κ2) is 6.55. The summed E-state index contributed by atoms with van der Waals surface area (Å²) in [6.45, 7) is 4.30. The first-order valence-electron chi connectivity index (χ1n) is 5.95. The molecule has 0 aliphatic carbocycles. The third-order valence-corrected chi connectivity index (χ3v) is 4.30. The number of carbonyl (C=O) groups excluding carboxylic acids is 1. The van der Waals surface area contributed by atoms with Crippen LogP contribution in [0.15, 0.2) is 22.7 Å². The molecule has 0 fully saturated rings. The first-order valence-corrected chi connectivity index (χ1v) is 7.12. The van der Waals surface area contributed by atoms with Gasteiger partial charge in [0.05, 0.1) is 11.1 Å². The lowest BCUT2D eigenvalue weighted by Crippen LogP contribution is -2.41. The van der Waals surface area contributed by atoms with E-state index < -0.39 is 5.41 Å². The van der Waals surface area contributed by atoms with Gasteiger partial charge in [0.1, 0.15) is 0 Å². The lowest BCUT2D eigenvalue weighted by Gasteiger charge is -2.28. The molecular formula is C13H18BrClN2O. The van der Waals surface area contributed by atoms with Gasteiger partial charge in [0.25, 0.3) is 0 Å². The number of hydrogen-bond donors (Lipinski definition) is 2. The molecule has 0 atom stereocenters. The number of nitrogens with two attached hydrogens (primary N) is 1. The number of rotatable bonds is 5. The minimum atomic E-state index is -0.501. The zero-order valence-electron chi connectivity index (χ0n) is 10.6. The zero-order chi connectivity index (χ0) is 13.8. The van der Waals surface area contributed by atoms with E-state index in [0.717, 1.165) is 17.3 Å². The molecule has 0 unspecified atom stereocenters. The van der Waals surface area contributed by atoms with Crippen molar-refractivity contribution in [1.29, 1.82) is 0 Å². The average Bonchev–Trinajstić information content (AvgIpc) is 2.36. The molecule has 18 heavy (non-hydrogen) atoms. The van der Waals surface area contributed by atoms with Gasteiger partial charge in [-0.1, -0.05) is 25.4 Å². The van der Waals surface area contributed by atoms with Crippen molar-refractivity contribution in [3.63, 3.8) is 0 Å². The Hall–Kier alpha value is -0.580. The zero-order valence-corrected chi connectivity index (χ0v) is 12.9. The largest absolute Gasteiger partial charge is 0.329 e. The monoisotopic (exact) mass is 332 g/mol. The fourth-order valence-electron chi connectivity index (χ4n) is 1.80. The van der Waals surface area contributed by atoms with Gasteiger partial charge in [-0.25, -0.2) is 0 Å². The highest BCUT2D eigenvalue weighted by molar-refractivity contribution is 9.10. The van der Waals surface area contributed by atoms with E-state index in [0.29, 0.717) is 17.3 Å². The molecule has 0 aromatic heterocycles. The molecule has 100 valence electrons. The molecule has 3 nitrogen and oxygen atoms in total. The Labute approximate surface area is 121 Å². The van der Waals surface area contributed by atoms with Gasteiger partial charge in [-0.05, 0) is 47.0 Å². The maximum Gasteiger partial charge on any atom is 0.231 e. The Kier molecular flexibility index (Phi) is 5.63. The van der Waals surface area contributed by atoms with Crippen molar-refractivity contribution in [2.45, 2.75) is 26.7 Å². The molecule has 0 saturated heterocycles. The summed E-state index contributed by atoms with van der Waals surface area (Å²) in [5.41, 5.74) is 5.96. The average molecular weight is 334 g/mol. The normalized spacial score (nSPS) is 11.4. The van der Waals surface area contributed by atoms with Crippen LogP contribution in [0.4, 0.5) is 5.69 Å². The molecule has 1 aromatic rings. The summed E-state index contributed by atoms with van der Waals surface area (Å²) in [4.78, 5) is 12.3. The molecule has 1 rings (SSSR count). The van der Waals surface area contributed by atoms with Crippen LogP contribution in [0.3, 0.4) is 0 Å². The summed E-state index contributed by atoms with van der Waals surface area (Å²) >= 11 is 9.24. The summed E-state index contributed by atoms with van der Waals surface area (Å²) in [5, 5.41) is 3.53. The topological polar surface area (TPSA) is 55.1 Å². The molecule has 0 bridgehead atoms. The van der Waals surface area contributed by atoms with Crippen LogP contribution in [0.5, 0.6) is 0 Å². The molecule has 0 spiro atoms. The first kappa shape index (κ1) is 15.5. The lowest BCUT2D eigenvalue weighted by atomic mass is 9.81. The van der Waals surface area contributed by atoms with Gasteiger partial charge >= 0.3 is 0 Å². The quantitative estimate of drug-likeness (QED) is 0.861. The smallest absolute Gasteiger partial charge is 0.231 e. The highest BCUT2D eigenvalue weighted by Crippen LogP contribution is 2.30. The van der Waals surface area contributed by atoms with Gasteiger partial charge in [0, 0.05) is 16.0 Å². The third kappa shape index (κ3) is 3.25. The van der Waals surface area contributed by atoms with Crippen LogP contribution in [0.25, 0.3) is 0 Å². The van der Waals surface area contributed by atoms with Gasteiger partial charge in [-0.3, -0.25) is 4.79 Å². The fraction of sp³-hybridized carbons (Fsp3) is 0.462. The summed E-state index contributed by atoms with van der Waals surface area (Å²) < 4.78 is 0.765. The molecule has 5 heteroatoms. The summed E-state index contributed by atoms with van der Waals surface area (Å²) in [6, 6.07) is 5.26. The van der Waals surface area contributed by atoms with Crippen molar-refractivity contribution in [2.24, 2.45) is 11.1 Å². The summed E-state index contributed by atoms with van der Waals surface area (Å²) in [5.74, 6) is -0.0435. The predicted octanol–water partition coefficient (Wildman–Crippen LogP) is 3.81. The Bertz CT molecular complexity index is 425. The highest BCUT2D eigenvalue weighted by atomic mass is 79.9. The van der Waals surface area contributed by atoms with Gasteiger partial charge in [0.15, 0.2) is 0 Å². The number of carbonyl (C=O) groups is 1. The molecule has 0 aliphatic heterocycles. The number of anilines is 1. The fourth-order valence-corrected chi connectivity index (χ4v) is 2.58. The minimum absolute atomic E-state index is 0.0435. The molecule has 1 amide bonds. The molecule has 0 heterocycles. The standard InChI is InChI=1S/C13H18BrClN2O/c1-3-13(4-2,8-16)12(18)17-11-6-5-9(15)7-10(11)14/h5-7H,3-4,8,16H2,1-2H3,(H,17,18). The summed E-state index contributed by atoms with van der Waals surface area (Å²) in [6.07, 6.45) is 1.44. The predicted molar refractivity (Wildman–Crippen MR) is 79.9 cm³/mol. The number of nitrogens with one attached hydrogen (secondary N) is 1. The van der Waals surface area contributed by atoms with Crippen molar-refractivity contribution < 1.29 is 4.79 Å². The van der Waals surface area contributed by atoms with Gasteiger partial charge < -0.3 is 11.1 Å². The van der Waals surface area contributed by atoms with Crippen LogP contribution in [-0.2, 0) is 4.79 Å². The van der Waals surface area contributed by atoms with Crippen LogP contribution in [-0.4, -0.2) is 12.5 Å². The van der Waals surface area contributed by atoms with Crippen LogP contribution >= 0.6 is 27.5 Å².